The molecule has 0 aromatic rings. The molecule has 0 bridgehead atoms. The average molecular weight is 713 g/mol. The number of carboxylic acid groups (broad SMARTS) is 2. The van der Waals surface area contributed by atoms with Crippen LogP contribution in [0.1, 0.15) is 152 Å². The molecule has 5 aliphatic carbocycles. The van der Waals surface area contributed by atoms with E-state index in [-0.39, 0.29) is 65.4 Å². The van der Waals surface area contributed by atoms with E-state index in [0.717, 1.165) is 44.9 Å². The second-order valence-corrected chi connectivity index (χ2v) is 20.7. The molecule has 5 rings (SSSR count). The van der Waals surface area contributed by atoms with Crippen LogP contribution in [0, 0.1) is 68.0 Å². The summed E-state index contributed by atoms with van der Waals surface area (Å²) in [5.41, 5.74) is 0.0689. The molecule has 8 nitrogen and oxygen atoms in total. The Balaban J connectivity index is 1.32. The summed E-state index contributed by atoms with van der Waals surface area (Å²) in [5.74, 6) is 0.681. The molecule has 0 saturated heterocycles. The van der Waals surface area contributed by atoms with Gasteiger partial charge in [-0.05, 0) is 128 Å². The fourth-order valence-corrected chi connectivity index (χ4v) is 13.6. The Morgan fingerprint density at radius 3 is 1.86 bits per heavy atom. The maximum absolute atomic E-state index is 13.2. The summed E-state index contributed by atoms with van der Waals surface area (Å²) in [5, 5.41) is 18.6. The fraction of sp³-hybridized carbons (Fsp3) is 0.860. The molecular formula is C43H68O8. The van der Waals surface area contributed by atoms with Crippen LogP contribution in [0.25, 0.3) is 0 Å². The maximum Gasteiger partial charge on any atom is 0.306 e. The largest absolute Gasteiger partial charge is 0.481 e. The van der Waals surface area contributed by atoms with E-state index in [9.17, 15) is 29.4 Å². The van der Waals surface area contributed by atoms with Crippen LogP contribution in [0.2, 0.25) is 0 Å². The first-order chi connectivity index (χ1) is 23.5. The Hall–Kier alpha value is -2.38. The number of hydrogen-bond acceptors (Lipinski definition) is 6. The summed E-state index contributed by atoms with van der Waals surface area (Å²) in [6, 6.07) is 0. The zero-order chi connectivity index (χ0) is 37.9. The van der Waals surface area contributed by atoms with Crippen LogP contribution in [0.3, 0.4) is 0 Å². The topological polar surface area (TPSA) is 127 Å². The van der Waals surface area contributed by atoms with E-state index < -0.39 is 22.8 Å². The van der Waals surface area contributed by atoms with Crippen molar-refractivity contribution >= 4 is 23.9 Å². The van der Waals surface area contributed by atoms with Crippen molar-refractivity contribution in [1.29, 1.82) is 0 Å². The zero-order valence-corrected chi connectivity index (χ0v) is 33.2. The molecule has 5 aliphatic rings. The number of rotatable bonds is 12. The third kappa shape index (κ3) is 7.54. The van der Waals surface area contributed by atoms with Crippen LogP contribution in [0.15, 0.2) is 12.2 Å². The van der Waals surface area contributed by atoms with Crippen LogP contribution >= 0.6 is 0 Å². The van der Waals surface area contributed by atoms with Crippen LogP contribution in [-0.2, 0) is 28.7 Å². The number of allylic oxidation sites excluding steroid dienone is 1. The van der Waals surface area contributed by atoms with Crippen LogP contribution in [0.5, 0.6) is 0 Å². The van der Waals surface area contributed by atoms with Crippen molar-refractivity contribution in [2.24, 2.45) is 68.0 Å². The highest BCUT2D eigenvalue weighted by Crippen LogP contribution is 2.74. The minimum Gasteiger partial charge on any atom is -0.481 e. The summed E-state index contributed by atoms with van der Waals surface area (Å²) in [6.07, 6.45) is 10.8. The molecule has 288 valence electrons. The lowest BCUT2D eigenvalue weighted by Crippen LogP contribution is -2.63. The number of esters is 2. The predicted molar refractivity (Wildman–Crippen MR) is 196 cm³/mol. The minimum atomic E-state index is -0.897. The van der Waals surface area contributed by atoms with Crippen molar-refractivity contribution in [3.8, 4) is 0 Å². The number of carboxylic acids is 2. The number of hydrogen-bond donors (Lipinski definition) is 2. The first-order valence-electron chi connectivity index (χ1n) is 19.9. The van der Waals surface area contributed by atoms with Crippen LogP contribution in [0.4, 0.5) is 0 Å². The highest BCUT2D eigenvalue weighted by molar-refractivity contribution is 5.74. The number of aliphatic carboxylic acids is 2. The van der Waals surface area contributed by atoms with Crippen LogP contribution < -0.4 is 0 Å². The molecule has 5 saturated carbocycles. The number of carbonyl (C=O) groups is 4. The SMILES string of the molecule is C=C(C)[C@@H]1CC[C@]2(COC(=O)CC(C)(C)CC(=O)O)CC[C@@H]3[C@H](CC[C@H]4[C@@]3(C)CC[C@H]3C(C)(C)[C@@H](OC(=O)CC(C)(C)CC(=O)O)CC[C@]43C)[C@@H]12. The van der Waals surface area contributed by atoms with Gasteiger partial charge in [0.1, 0.15) is 6.10 Å². The quantitative estimate of drug-likeness (QED) is 0.151. The van der Waals surface area contributed by atoms with Gasteiger partial charge in [-0.15, -0.1) is 0 Å². The summed E-state index contributed by atoms with van der Waals surface area (Å²) in [4.78, 5) is 49.0. The van der Waals surface area contributed by atoms with Gasteiger partial charge in [0.05, 0.1) is 32.3 Å². The molecule has 0 unspecified atom stereocenters. The highest BCUT2D eigenvalue weighted by Gasteiger charge is 2.67. The molecule has 0 spiro atoms. The van der Waals surface area contributed by atoms with Crippen molar-refractivity contribution in [2.75, 3.05) is 6.61 Å². The van der Waals surface area contributed by atoms with Gasteiger partial charge in [-0.3, -0.25) is 19.2 Å². The molecule has 10 atom stereocenters. The Labute approximate surface area is 307 Å². The first kappa shape index (κ1) is 39.8. The third-order valence-corrected chi connectivity index (χ3v) is 15.6. The van der Waals surface area contributed by atoms with Gasteiger partial charge >= 0.3 is 23.9 Å². The molecule has 51 heavy (non-hydrogen) atoms. The van der Waals surface area contributed by atoms with Gasteiger partial charge < -0.3 is 19.7 Å². The number of ether oxygens (including phenoxy) is 2. The summed E-state index contributed by atoms with van der Waals surface area (Å²) in [7, 11) is 0. The van der Waals surface area contributed by atoms with Crippen LogP contribution in [-0.4, -0.2) is 46.8 Å². The molecule has 0 aromatic heterocycles. The number of carbonyl (C=O) groups excluding carboxylic acids is 2. The molecule has 2 N–H and O–H groups in total. The van der Waals surface area contributed by atoms with Gasteiger partial charge in [0.15, 0.2) is 0 Å². The van der Waals surface area contributed by atoms with Gasteiger partial charge in [-0.25, -0.2) is 0 Å². The van der Waals surface area contributed by atoms with Crippen molar-refractivity contribution in [3.63, 3.8) is 0 Å². The second kappa shape index (κ2) is 13.8. The molecule has 0 heterocycles. The maximum atomic E-state index is 13.2. The molecule has 0 aliphatic heterocycles. The van der Waals surface area contributed by atoms with E-state index in [1.165, 1.54) is 24.8 Å². The summed E-state index contributed by atoms with van der Waals surface area (Å²) >= 11 is 0. The van der Waals surface area contributed by atoms with E-state index in [2.05, 4.69) is 41.2 Å². The Bertz CT molecular complexity index is 1390. The fourth-order valence-electron chi connectivity index (χ4n) is 13.6. The molecule has 0 amide bonds. The summed E-state index contributed by atoms with van der Waals surface area (Å²) < 4.78 is 12.3. The van der Waals surface area contributed by atoms with Gasteiger partial charge in [0.25, 0.3) is 0 Å². The standard InChI is InChI=1S/C43H68O8/c1-26(2)27-13-19-43(25-50-35(48)23-38(3,4)21-33(44)45)20-14-29-28(37(27)43)11-12-31-41(29,9)17-15-30-40(7,8)32(16-18-42(30,31)10)51-36(49)24-39(5,6)22-34(46)47/h27-32,37H,1,11-25H2,2-10H3,(H,44,45)(H,46,47)/t27-,28-,29+,30-,31-,32-,37+,41-,42-,43+/m0/s1. The lowest BCUT2D eigenvalue weighted by atomic mass is 9.36. The van der Waals surface area contributed by atoms with E-state index in [1.807, 2.05) is 27.7 Å². The monoisotopic (exact) mass is 712 g/mol. The third-order valence-electron chi connectivity index (χ3n) is 15.6. The second-order valence-electron chi connectivity index (χ2n) is 20.7. The van der Waals surface area contributed by atoms with Gasteiger partial charge in [0.2, 0.25) is 0 Å². The molecule has 5 fully saturated rings. The average Bonchev–Trinajstić information content (AvgIpc) is 3.36. The van der Waals surface area contributed by atoms with Gasteiger partial charge in [-0.2, -0.15) is 0 Å². The molecule has 0 aromatic carbocycles. The van der Waals surface area contributed by atoms with Crippen molar-refractivity contribution in [1.82, 2.24) is 0 Å². The lowest BCUT2D eigenvalue weighted by Gasteiger charge is -2.69. The first-order valence-corrected chi connectivity index (χ1v) is 19.9. The summed E-state index contributed by atoms with van der Waals surface area (Å²) in [6.45, 7) is 24.1. The lowest BCUT2D eigenvalue weighted by molar-refractivity contribution is -0.224. The van der Waals surface area contributed by atoms with Crippen molar-refractivity contribution in [2.45, 2.75) is 158 Å². The normalized spacial score (nSPS) is 38.6. The number of fused-ring (bicyclic) bond motifs is 7. The predicted octanol–water partition coefficient (Wildman–Crippen LogP) is 9.49. The molecular weight excluding hydrogens is 644 g/mol. The highest BCUT2D eigenvalue weighted by atomic mass is 16.5. The minimum absolute atomic E-state index is 0.0509. The van der Waals surface area contributed by atoms with E-state index in [4.69, 9.17) is 9.47 Å². The van der Waals surface area contributed by atoms with E-state index >= 15 is 0 Å². The Morgan fingerprint density at radius 2 is 1.27 bits per heavy atom. The van der Waals surface area contributed by atoms with Crippen molar-refractivity contribution in [3.05, 3.63) is 12.2 Å². The Kier molecular flexibility index (Phi) is 10.8. The molecule has 0 radical (unpaired) electrons. The van der Waals surface area contributed by atoms with Gasteiger partial charge in [-0.1, -0.05) is 67.5 Å². The van der Waals surface area contributed by atoms with E-state index in [0.29, 0.717) is 42.1 Å². The molecule has 8 heteroatoms. The zero-order valence-electron chi connectivity index (χ0n) is 33.2. The van der Waals surface area contributed by atoms with Gasteiger partial charge in [0, 0.05) is 10.8 Å². The van der Waals surface area contributed by atoms with Crippen molar-refractivity contribution < 1.29 is 38.9 Å². The van der Waals surface area contributed by atoms with E-state index in [1.54, 1.807) is 0 Å². The smallest absolute Gasteiger partial charge is 0.306 e. The Morgan fingerprint density at radius 1 is 0.706 bits per heavy atom.